The average molecular weight is 238 g/mol. The molecule has 0 aliphatic rings. The van der Waals surface area contributed by atoms with Crippen LogP contribution in [0.15, 0.2) is 18.2 Å². The zero-order valence-corrected chi connectivity index (χ0v) is 10.6. The number of likely N-dealkylation sites (N-methyl/N-ethyl adjacent to an activating group) is 1. The Labute approximate surface area is 101 Å². The maximum atomic E-state index is 10.7. The second kappa shape index (κ2) is 4.71. The molecule has 0 spiro atoms. The molecule has 0 aliphatic heterocycles. The first-order chi connectivity index (χ1) is 7.79. The Balaban J connectivity index is 3.10. The van der Waals surface area contributed by atoms with E-state index < -0.39 is 10.5 Å². The van der Waals surface area contributed by atoms with Gasteiger partial charge in [0.1, 0.15) is 0 Å². The number of nitrogens with zero attached hydrogens (tertiary/aromatic N) is 2. The van der Waals surface area contributed by atoms with Gasteiger partial charge in [0.25, 0.3) is 5.69 Å². The number of nitro benzene ring substituents is 1. The maximum Gasteiger partial charge on any atom is 0.272 e. The van der Waals surface area contributed by atoms with Crippen LogP contribution in [0.4, 0.5) is 11.4 Å². The molecule has 0 saturated carbocycles. The molecule has 5 heteroatoms. The maximum absolute atomic E-state index is 10.7. The molecular formula is C12H18N2O3. The van der Waals surface area contributed by atoms with Crippen LogP contribution in [0.5, 0.6) is 0 Å². The molecule has 0 aliphatic carbocycles. The number of nitro groups is 1. The third-order valence-corrected chi connectivity index (χ3v) is 3.06. The van der Waals surface area contributed by atoms with Gasteiger partial charge in [0.05, 0.1) is 17.1 Å². The molecule has 0 bridgehead atoms. The second-order valence-corrected chi connectivity index (χ2v) is 4.76. The lowest BCUT2D eigenvalue weighted by molar-refractivity contribution is -0.385. The number of hydrogen-bond acceptors (Lipinski definition) is 4. The third kappa shape index (κ3) is 2.74. The fraction of sp³-hybridized carbons (Fsp3) is 0.500. The van der Waals surface area contributed by atoms with Gasteiger partial charge in [-0.2, -0.15) is 0 Å². The molecule has 17 heavy (non-hydrogen) atoms. The van der Waals surface area contributed by atoms with Crippen molar-refractivity contribution in [3.8, 4) is 0 Å². The van der Waals surface area contributed by atoms with Crippen LogP contribution in [0.1, 0.15) is 19.4 Å². The number of aryl methyl sites for hydroxylation is 1. The van der Waals surface area contributed by atoms with Crippen LogP contribution >= 0.6 is 0 Å². The zero-order chi connectivity index (χ0) is 13.2. The second-order valence-electron chi connectivity index (χ2n) is 4.76. The molecule has 94 valence electrons. The topological polar surface area (TPSA) is 66.6 Å². The van der Waals surface area contributed by atoms with Gasteiger partial charge in [-0.3, -0.25) is 10.1 Å². The summed E-state index contributed by atoms with van der Waals surface area (Å²) >= 11 is 0. The van der Waals surface area contributed by atoms with Crippen molar-refractivity contribution in [1.29, 1.82) is 0 Å². The van der Waals surface area contributed by atoms with Gasteiger partial charge < -0.3 is 10.0 Å². The van der Waals surface area contributed by atoms with Gasteiger partial charge in [-0.1, -0.05) is 0 Å². The minimum absolute atomic E-state index is 0.0134. The van der Waals surface area contributed by atoms with Gasteiger partial charge in [-0.25, -0.2) is 0 Å². The molecule has 0 atom stereocenters. The molecule has 0 fully saturated rings. The monoisotopic (exact) mass is 238 g/mol. The van der Waals surface area contributed by atoms with Crippen molar-refractivity contribution in [3.05, 3.63) is 33.9 Å². The summed E-state index contributed by atoms with van der Waals surface area (Å²) in [6.45, 7) is 5.54. The normalized spacial score (nSPS) is 11.4. The van der Waals surface area contributed by atoms with Gasteiger partial charge in [0.2, 0.25) is 0 Å². The molecule has 0 heterocycles. The Hall–Kier alpha value is -1.62. The first kappa shape index (κ1) is 13.4. The molecule has 1 aromatic carbocycles. The van der Waals surface area contributed by atoms with Crippen LogP contribution in [-0.2, 0) is 0 Å². The van der Waals surface area contributed by atoms with Crippen molar-refractivity contribution in [2.24, 2.45) is 0 Å². The summed E-state index contributed by atoms with van der Waals surface area (Å²) in [6.07, 6.45) is 0. The number of benzene rings is 1. The van der Waals surface area contributed by atoms with Crippen LogP contribution in [0, 0.1) is 17.0 Å². The zero-order valence-electron chi connectivity index (χ0n) is 10.6. The Kier molecular flexibility index (Phi) is 3.72. The molecule has 1 rings (SSSR count). The van der Waals surface area contributed by atoms with Crippen LogP contribution in [0.2, 0.25) is 0 Å². The number of hydrogen-bond donors (Lipinski definition) is 1. The predicted octanol–water partition coefficient (Wildman–Crippen LogP) is 2.11. The molecule has 0 amide bonds. The summed E-state index contributed by atoms with van der Waals surface area (Å²) in [4.78, 5) is 12.2. The highest BCUT2D eigenvalue weighted by atomic mass is 16.6. The van der Waals surface area contributed by atoms with E-state index in [1.165, 1.54) is 6.07 Å². The van der Waals surface area contributed by atoms with Gasteiger partial charge in [0.15, 0.2) is 0 Å². The summed E-state index contributed by atoms with van der Waals surface area (Å²) in [5.41, 5.74) is 1.19. The largest absolute Gasteiger partial charge is 0.394 e. The van der Waals surface area contributed by atoms with Gasteiger partial charge in [-0.05, 0) is 32.9 Å². The quantitative estimate of drug-likeness (QED) is 0.644. The number of rotatable bonds is 4. The number of aliphatic hydroxyl groups excluding tert-OH is 1. The molecule has 1 aromatic rings. The van der Waals surface area contributed by atoms with E-state index in [4.69, 9.17) is 0 Å². The summed E-state index contributed by atoms with van der Waals surface area (Å²) in [6, 6.07) is 4.95. The Morgan fingerprint density at radius 3 is 2.47 bits per heavy atom. The van der Waals surface area contributed by atoms with E-state index in [1.54, 1.807) is 19.1 Å². The van der Waals surface area contributed by atoms with Crippen molar-refractivity contribution in [1.82, 2.24) is 0 Å². The molecular weight excluding hydrogens is 220 g/mol. The fourth-order valence-corrected chi connectivity index (χ4v) is 1.51. The van der Waals surface area contributed by atoms with Crippen LogP contribution < -0.4 is 4.90 Å². The molecule has 0 saturated heterocycles. The molecule has 5 nitrogen and oxygen atoms in total. The number of anilines is 1. The van der Waals surface area contributed by atoms with E-state index in [-0.39, 0.29) is 12.3 Å². The van der Waals surface area contributed by atoms with Gasteiger partial charge >= 0.3 is 0 Å². The van der Waals surface area contributed by atoms with Crippen molar-refractivity contribution < 1.29 is 10.0 Å². The first-order valence-electron chi connectivity index (χ1n) is 5.39. The first-order valence-corrected chi connectivity index (χ1v) is 5.39. The summed E-state index contributed by atoms with van der Waals surface area (Å²) in [5, 5.41) is 20.0. The highest BCUT2D eigenvalue weighted by Crippen LogP contribution is 2.27. The minimum Gasteiger partial charge on any atom is -0.394 e. The standard InChI is InChI=1S/C12H18N2O3/c1-9-7-10(5-6-11(9)14(16)17)13(4)12(2,3)8-15/h5-7,15H,8H2,1-4H3. The van der Waals surface area contributed by atoms with Crippen molar-refractivity contribution in [2.45, 2.75) is 26.3 Å². The van der Waals surface area contributed by atoms with Crippen LogP contribution in [-0.4, -0.2) is 29.2 Å². The Morgan fingerprint density at radius 1 is 1.47 bits per heavy atom. The molecule has 0 unspecified atom stereocenters. The smallest absolute Gasteiger partial charge is 0.272 e. The van der Waals surface area contributed by atoms with Crippen LogP contribution in [0.3, 0.4) is 0 Å². The lowest BCUT2D eigenvalue weighted by atomic mass is 10.0. The Morgan fingerprint density at radius 2 is 2.06 bits per heavy atom. The van der Waals surface area contributed by atoms with E-state index in [9.17, 15) is 15.2 Å². The highest BCUT2D eigenvalue weighted by Gasteiger charge is 2.23. The van der Waals surface area contributed by atoms with E-state index in [0.29, 0.717) is 5.56 Å². The SMILES string of the molecule is Cc1cc(N(C)C(C)(C)CO)ccc1[N+](=O)[O-]. The fourth-order valence-electron chi connectivity index (χ4n) is 1.51. The summed E-state index contributed by atoms with van der Waals surface area (Å²) < 4.78 is 0. The number of aliphatic hydroxyl groups is 1. The van der Waals surface area contributed by atoms with Crippen molar-refractivity contribution >= 4 is 11.4 Å². The predicted molar refractivity (Wildman–Crippen MR) is 67.4 cm³/mol. The van der Waals surface area contributed by atoms with Crippen molar-refractivity contribution in [2.75, 3.05) is 18.6 Å². The summed E-state index contributed by atoms with van der Waals surface area (Å²) in [5.74, 6) is 0. The van der Waals surface area contributed by atoms with Crippen LogP contribution in [0.25, 0.3) is 0 Å². The minimum atomic E-state index is -0.400. The molecule has 1 N–H and O–H groups in total. The average Bonchev–Trinajstić information content (AvgIpc) is 2.27. The van der Waals surface area contributed by atoms with Gasteiger partial charge in [-0.15, -0.1) is 0 Å². The molecule has 0 radical (unpaired) electrons. The van der Waals surface area contributed by atoms with E-state index in [1.807, 2.05) is 25.8 Å². The highest BCUT2D eigenvalue weighted by molar-refractivity contribution is 5.56. The van der Waals surface area contributed by atoms with E-state index >= 15 is 0 Å². The van der Waals surface area contributed by atoms with E-state index in [0.717, 1.165) is 5.69 Å². The summed E-state index contributed by atoms with van der Waals surface area (Å²) in [7, 11) is 1.86. The third-order valence-electron chi connectivity index (χ3n) is 3.06. The van der Waals surface area contributed by atoms with Crippen molar-refractivity contribution in [3.63, 3.8) is 0 Å². The Bertz CT molecular complexity index is 430. The lowest BCUT2D eigenvalue weighted by Gasteiger charge is -2.36. The van der Waals surface area contributed by atoms with E-state index in [2.05, 4.69) is 0 Å². The lowest BCUT2D eigenvalue weighted by Crippen LogP contribution is -2.44. The molecule has 0 aromatic heterocycles. The van der Waals surface area contributed by atoms with Gasteiger partial charge in [0, 0.05) is 24.4 Å².